The second-order valence-corrected chi connectivity index (χ2v) is 6.53. The van der Waals surface area contributed by atoms with E-state index in [9.17, 15) is 0 Å². The molecule has 1 N–H and O–H groups in total. The summed E-state index contributed by atoms with van der Waals surface area (Å²) in [5, 5.41) is 3.76. The zero-order valence-electron chi connectivity index (χ0n) is 11.9. The summed E-state index contributed by atoms with van der Waals surface area (Å²) in [6.45, 7) is 11.0. The van der Waals surface area contributed by atoms with Gasteiger partial charge in [0.2, 0.25) is 0 Å². The van der Waals surface area contributed by atoms with Gasteiger partial charge in [-0.15, -0.1) is 0 Å². The Hall–Kier alpha value is -0.0800. The monoisotopic (exact) mass is 238 g/mol. The van der Waals surface area contributed by atoms with Gasteiger partial charge >= 0.3 is 0 Å². The number of hydrogen-bond acceptors (Lipinski definition) is 2. The molecule has 2 nitrogen and oxygen atoms in total. The van der Waals surface area contributed by atoms with Gasteiger partial charge in [-0.2, -0.15) is 0 Å². The Bertz CT molecular complexity index is 221. The van der Waals surface area contributed by atoms with Gasteiger partial charge in [-0.3, -0.25) is 4.90 Å². The van der Waals surface area contributed by atoms with Gasteiger partial charge in [-0.25, -0.2) is 0 Å². The third-order valence-electron chi connectivity index (χ3n) is 4.88. The van der Waals surface area contributed by atoms with Crippen LogP contribution in [0.1, 0.15) is 52.9 Å². The van der Waals surface area contributed by atoms with Gasteiger partial charge in [0.05, 0.1) is 0 Å². The highest BCUT2D eigenvalue weighted by molar-refractivity contribution is 4.83. The number of nitrogens with one attached hydrogen (secondary N) is 1. The molecule has 17 heavy (non-hydrogen) atoms. The fourth-order valence-corrected chi connectivity index (χ4v) is 3.36. The van der Waals surface area contributed by atoms with E-state index in [4.69, 9.17) is 0 Å². The minimum absolute atomic E-state index is 0.722. The van der Waals surface area contributed by atoms with Gasteiger partial charge in [0, 0.05) is 25.2 Å². The molecule has 0 aromatic carbocycles. The average Bonchev–Trinajstić information content (AvgIpc) is 2.96. The standard InChI is InChI=1S/C15H30N2/c1-12(2)14-8-9-17(11-14)13(3)10-16-15-6-4-5-7-15/h12-16H,4-11H2,1-3H3. The van der Waals surface area contributed by atoms with Crippen LogP contribution >= 0.6 is 0 Å². The molecular weight excluding hydrogens is 208 g/mol. The molecular formula is C15H30N2. The molecule has 2 fully saturated rings. The number of rotatable bonds is 5. The number of nitrogens with zero attached hydrogens (tertiary/aromatic N) is 1. The van der Waals surface area contributed by atoms with E-state index in [-0.39, 0.29) is 0 Å². The van der Waals surface area contributed by atoms with Crippen LogP contribution in [-0.2, 0) is 0 Å². The van der Waals surface area contributed by atoms with Gasteiger partial charge in [0.1, 0.15) is 0 Å². The van der Waals surface area contributed by atoms with Crippen LogP contribution in [0.15, 0.2) is 0 Å². The van der Waals surface area contributed by atoms with Gasteiger partial charge in [-0.1, -0.05) is 26.7 Å². The molecule has 0 aromatic rings. The third kappa shape index (κ3) is 3.69. The summed E-state index contributed by atoms with van der Waals surface area (Å²) in [7, 11) is 0. The van der Waals surface area contributed by atoms with Crippen LogP contribution in [0, 0.1) is 11.8 Å². The summed E-state index contributed by atoms with van der Waals surface area (Å²) in [6.07, 6.45) is 7.09. The SMILES string of the molecule is CC(C)C1CCN(C(C)CNC2CCCC2)C1. The first-order chi connectivity index (χ1) is 8.16. The number of hydrogen-bond donors (Lipinski definition) is 1. The maximum atomic E-state index is 3.76. The van der Waals surface area contributed by atoms with Crippen molar-refractivity contribution in [3.05, 3.63) is 0 Å². The van der Waals surface area contributed by atoms with E-state index in [2.05, 4.69) is 31.0 Å². The van der Waals surface area contributed by atoms with Crippen molar-refractivity contribution in [2.24, 2.45) is 11.8 Å². The summed E-state index contributed by atoms with van der Waals surface area (Å²) in [6, 6.07) is 1.54. The molecule has 1 aliphatic carbocycles. The van der Waals surface area contributed by atoms with Crippen molar-refractivity contribution in [2.45, 2.75) is 65.0 Å². The minimum atomic E-state index is 0.722. The van der Waals surface area contributed by atoms with Crippen molar-refractivity contribution < 1.29 is 0 Å². The Kier molecular flexibility index (Phi) is 4.87. The predicted octanol–water partition coefficient (Wildman–Crippen LogP) is 2.89. The number of likely N-dealkylation sites (tertiary alicyclic amines) is 1. The zero-order chi connectivity index (χ0) is 12.3. The first kappa shape index (κ1) is 13.4. The van der Waals surface area contributed by atoms with E-state index in [0.717, 1.165) is 23.9 Å². The normalized spacial score (nSPS) is 29.3. The summed E-state index contributed by atoms with van der Waals surface area (Å²) < 4.78 is 0. The largest absolute Gasteiger partial charge is 0.312 e. The molecule has 1 saturated heterocycles. The lowest BCUT2D eigenvalue weighted by Crippen LogP contribution is -2.42. The molecule has 1 saturated carbocycles. The molecule has 2 aliphatic rings. The van der Waals surface area contributed by atoms with Gasteiger partial charge in [-0.05, 0) is 44.6 Å². The average molecular weight is 238 g/mol. The Morgan fingerprint density at radius 2 is 1.82 bits per heavy atom. The highest BCUT2D eigenvalue weighted by Gasteiger charge is 2.28. The molecule has 2 heteroatoms. The fourth-order valence-electron chi connectivity index (χ4n) is 3.36. The Labute approximate surface area is 107 Å². The maximum Gasteiger partial charge on any atom is 0.0192 e. The van der Waals surface area contributed by atoms with E-state index in [1.807, 2.05) is 0 Å². The fraction of sp³-hybridized carbons (Fsp3) is 1.00. The van der Waals surface area contributed by atoms with E-state index in [1.165, 1.54) is 51.7 Å². The lowest BCUT2D eigenvalue weighted by atomic mass is 9.95. The van der Waals surface area contributed by atoms with Crippen molar-refractivity contribution >= 4 is 0 Å². The van der Waals surface area contributed by atoms with Gasteiger partial charge < -0.3 is 5.32 Å². The van der Waals surface area contributed by atoms with E-state index in [1.54, 1.807) is 0 Å². The summed E-state index contributed by atoms with van der Waals surface area (Å²) in [4.78, 5) is 2.69. The molecule has 100 valence electrons. The first-order valence-electron chi connectivity index (χ1n) is 7.64. The maximum absolute atomic E-state index is 3.76. The molecule has 2 rings (SSSR count). The molecule has 0 amide bonds. The summed E-state index contributed by atoms with van der Waals surface area (Å²) in [5.41, 5.74) is 0. The Morgan fingerprint density at radius 3 is 2.41 bits per heavy atom. The summed E-state index contributed by atoms with van der Waals surface area (Å²) >= 11 is 0. The lowest BCUT2D eigenvalue weighted by molar-refractivity contribution is 0.228. The van der Waals surface area contributed by atoms with Crippen molar-refractivity contribution in [3.8, 4) is 0 Å². The van der Waals surface area contributed by atoms with Crippen LogP contribution in [0.5, 0.6) is 0 Å². The van der Waals surface area contributed by atoms with Crippen molar-refractivity contribution in [1.82, 2.24) is 10.2 Å². The molecule has 0 aromatic heterocycles. The first-order valence-corrected chi connectivity index (χ1v) is 7.64. The van der Waals surface area contributed by atoms with Crippen molar-refractivity contribution in [3.63, 3.8) is 0 Å². The molecule has 1 heterocycles. The molecule has 1 aliphatic heterocycles. The predicted molar refractivity (Wildman–Crippen MR) is 74.2 cm³/mol. The molecule has 0 bridgehead atoms. The van der Waals surface area contributed by atoms with Crippen LogP contribution in [0.25, 0.3) is 0 Å². The third-order valence-corrected chi connectivity index (χ3v) is 4.88. The van der Waals surface area contributed by atoms with Crippen LogP contribution in [0.4, 0.5) is 0 Å². The van der Waals surface area contributed by atoms with Crippen molar-refractivity contribution in [1.29, 1.82) is 0 Å². The van der Waals surface area contributed by atoms with Crippen LogP contribution in [0.2, 0.25) is 0 Å². The van der Waals surface area contributed by atoms with E-state index < -0.39 is 0 Å². The Balaban J connectivity index is 1.67. The van der Waals surface area contributed by atoms with Gasteiger partial charge in [0.15, 0.2) is 0 Å². The Morgan fingerprint density at radius 1 is 1.12 bits per heavy atom. The van der Waals surface area contributed by atoms with E-state index in [0.29, 0.717) is 0 Å². The van der Waals surface area contributed by atoms with Gasteiger partial charge in [0.25, 0.3) is 0 Å². The molecule has 0 radical (unpaired) electrons. The van der Waals surface area contributed by atoms with Crippen molar-refractivity contribution in [2.75, 3.05) is 19.6 Å². The van der Waals surface area contributed by atoms with Crippen LogP contribution < -0.4 is 5.32 Å². The second-order valence-electron chi connectivity index (χ2n) is 6.53. The van der Waals surface area contributed by atoms with Crippen LogP contribution in [-0.4, -0.2) is 36.6 Å². The molecule has 2 unspecified atom stereocenters. The highest BCUT2D eigenvalue weighted by Crippen LogP contribution is 2.25. The minimum Gasteiger partial charge on any atom is -0.312 e. The lowest BCUT2D eigenvalue weighted by Gasteiger charge is -2.26. The molecule has 2 atom stereocenters. The molecule has 0 spiro atoms. The zero-order valence-corrected chi connectivity index (χ0v) is 11.9. The summed E-state index contributed by atoms with van der Waals surface area (Å²) in [5.74, 6) is 1.79. The second kappa shape index (κ2) is 6.19. The quantitative estimate of drug-likeness (QED) is 0.792. The van der Waals surface area contributed by atoms with E-state index >= 15 is 0 Å². The topological polar surface area (TPSA) is 15.3 Å². The smallest absolute Gasteiger partial charge is 0.0192 e. The van der Waals surface area contributed by atoms with Crippen LogP contribution in [0.3, 0.4) is 0 Å². The highest BCUT2D eigenvalue weighted by atomic mass is 15.2.